The van der Waals surface area contributed by atoms with Crippen molar-refractivity contribution >= 4 is 16.6 Å². The monoisotopic (exact) mass is 534 g/mol. The summed E-state index contributed by atoms with van der Waals surface area (Å²) in [6, 6.07) is 3.09. The van der Waals surface area contributed by atoms with E-state index >= 15 is 0 Å². The zero-order valence-corrected chi connectivity index (χ0v) is 26.5. The molecule has 208 valence electrons. The molecule has 1 unspecified atom stereocenters. The van der Waals surface area contributed by atoms with Crippen LogP contribution in [0, 0.1) is 0 Å². The van der Waals surface area contributed by atoms with Crippen LogP contribution in [0.5, 0.6) is 0 Å². The maximum Gasteiger partial charge on any atom is 0.192 e. The van der Waals surface area contributed by atoms with Gasteiger partial charge < -0.3 is 32.9 Å². The van der Waals surface area contributed by atoms with Crippen molar-refractivity contribution in [2.45, 2.75) is 160 Å². The number of aliphatic hydroxyl groups excluding tert-OH is 1. The normalized spacial score (nSPS) is 37.5. The van der Waals surface area contributed by atoms with E-state index < -0.39 is 34.8 Å². The lowest BCUT2D eigenvalue weighted by Gasteiger charge is -2.52. The number of ether oxygens (including phenoxy) is 4. The fourth-order valence-corrected chi connectivity index (χ4v) is 9.81. The molecule has 2 fully saturated rings. The quantitative estimate of drug-likeness (QED) is 0.354. The van der Waals surface area contributed by atoms with Crippen LogP contribution in [0.15, 0.2) is 0 Å². The van der Waals surface area contributed by atoms with Crippen LogP contribution >= 0.6 is 0 Å². The SMILES string of the molecule is CC[Si](CC)(CC)O[C@@]1(C)CC(O)O[C@@H](C)[C@@H]1O[C@H]1C[C@@H](OC)[C@H](O[Si](C)(C)C(C)(C)C)[C@@H](C)O1. The molecule has 2 aliphatic rings. The molecule has 1 N–H and O–H groups in total. The van der Waals surface area contributed by atoms with E-state index in [0.717, 1.165) is 18.1 Å². The molecule has 0 spiro atoms. The van der Waals surface area contributed by atoms with Gasteiger partial charge in [-0.05, 0) is 57.0 Å². The van der Waals surface area contributed by atoms with E-state index in [1.807, 2.05) is 13.8 Å². The largest absolute Gasteiger partial charge is 0.409 e. The molecule has 0 aromatic rings. The smallest absolute Gasteiger partial charge is 0.192 e. The van der Waals surface area contributed by atoms with Crippen LogP contribution in [0.4, 0.5) is 0 Å². The highest BCUT2D eigenvalue weighted by Crippen LogP contribution is 2.42. The second kappa shape index (κ2) is 11.9. The summed E-state index contributed by atoms with van der Waals surface area (Å²) in [4.78, 5) is 0. The zero-order valence-electron chi connectivity index (χ0n) is 24.5. The van der Waals surface area contributed by atoms with Crippen LogP contribution in [0.2, 0.25) is 36.3 Å². The number of hydrogen-bond donors (Lipinski definition) is 1. The lowest BCUT2D eigenvalue weighted by Crippen LogP contribution is -2.63. The van der Waals surface area contributed by atoms with Gasteiger partial charge in [0.25, 0.3) is 0 Å². The van der Waals surface area contributed by atoms with Crippen molar-refractivity contribution in [2.75, 3.05) is 7.11 Å². The number of methoxy groups -OCH3 is 1. The Morgan fingerprint density at radius 3 is 2.06 bits per heavy atom. The Labute approximate surface area is 216 Å². The van der Waals surface area contributed by atoms with Gasteiger partial charge in [0.1, 0.15) is 6.10 Å². The van der Waals surface area contributed by atoms with Gasteiger partial charge in [-0.25, -0.2) is 0 Å². The predicted octanol–water partition coefficient (Wildman–Crippen LogP) is 5.82. The molecule has 2 heterocycles. The van der Waals surface area contributed by atoms with Crippen LogP contribution in [-0.2, 0) is 27.8 Å². The molecule has 0 bridgehead atoms. The Bertz CT molecular complexity index is 658. The third kappa shape index (κ3) is 7.17. The Kier molecular flexibility index (Phi) is 10.7. The summed E-state index contributed by atoms with van der Waals surface area (Å²) in [5.41, 5.74) is -0.658. The van der Waals surface area contributed by atoms with Crippen molar-refractivity contribution in [2.24, 2.45) is 0 Å². The minimum Gasteiger partial charge on any atom is -0.409 e. The van der Waals surface area contributed by atoms with E-state index in [2.05, 4.69) is 61.6 Å². The fraction of sp³-hybridized carbons (Fsp3) is 1.00. The third-order valence-electron chi connectivity index (χ3n) is 8.82. The first-order valence-corrected chi connectivity index (χ1v) is 19.1. The highest BCUT2D eigenvalue weighted by molar-refractivity contribution is 6.74. The summed E-state index contributed by atoms with van der Waals surface area (Å²) in [6.07, 6.45) is -1.55. The fourth-order valence-electron chi connectivity index (χ4n) is 5.31. The lowest BCUT2D eigenvalue weighted by atomic mass is 9.88. The van der Waals surface area contributed by atoms with Gasteiger partial charge in [-0.15, -0.1) is 0 Å². The van der Waals surface area contributed by atoms with Crippen molar-refractivity contribution in [1.29, 1.82) is 0 Å². The van der Waals surface area contributed by atoms with Crippen molar-refractivity contribution in [3.8, 4) is 0 Å². The molecule has 0 radical (unpaired) electrons. The van der Waals surface area contributed by atoms with Crippen molar-refractivity contribution in [3.63, 3.8) is 0 Å². The van der Waals surface area contributed by atoms with E-state index in [1.165, 1.54) is 0 Å². The summed E-state index contributed by atoms with van der Waals surface area (Å²) < 4.78 is 38.5. The molecule has 0 saturated carbocycles. The van der Waals surface area contributed by atoms with Crippen LogP contribution < -0.4 is 0 Å². The third-order valence-corrected chi connectivity index (χ3v) is 18.1. The maximum atomic E-state index is 10.5. The van der Waals surface area contributed by atoms with Crippen molar-refractivity contribution < 1.29 is 32.9 Å². The van der Waals surface area contributed by atoms with Gasteiger partial charge in [0, 0.05) is 20.0 Å². The van der Waals surface area contributed by atoms with Crippen LogP contribution in [0.25, 0.3) is 0 Å². The molecule has 0 aliphatic carbocycles. The first-order valence-electron chi connectivity index (χ1n) is 13.6. The van der Waals surface area contributed by atoms with Crippen molar-refractivity contribution in [3.05, 3.63) is 0 Å². The van der Waals surface area contributed by atoms with E-state index in [4.69, 9.17) is 27.8 Å². The Balaban J connectivity index is 2.23. The van der Waals surface area contributed by atoms with E-state index in [0.29, 0.717) is 12.8 Å². The summed E-state index contributed by atoms with van der Waals surface area (Å²) in [5, 5.41) is 10.6. The lowest BCUT2D eigenvalue weighted by molar-refractivity contribution is -0.321. The number of hydrogen-bond acceptors (Lipinski definition) is 7. The molecule has 7 nitrogen and oxygen atoms in total. The standard InChI is InChI=1S/C26H54O7Si2/c1-13-35(14-2,15-3)33-26(9)17-21(27)29-19(5)24(26)31-22-16-20(28-10)23(18(4)30-22)32-34(11,12)25(6,7)8/h18-24,27H,13-17H2,1-12H3/t18-,19+,20-,21?,22+,23-,24+,26+/m1/s1. The number of rotatable bonds is 10. The van der Waals surface area contributed by atoms with Gasteiger partial charge in [0.15, 0.2) is 29.2 Å². The molecule has 2 rings (SSSR count). The average Bonchev–Trinajstić information content (AvgIpc) is 2.75. The molecule has 0 aromatic heterocycles. The summed E-state index contributed by atoms with van der Waals surface area (Å²) >= 11 is 0. The first kappa shape index (κ1) is 31.4. The zero-order chi connectivity index (χ0) is 26.8. The highest BCUT2D eigenvalue weighted by Gasteiger charge is 2.53. The second-order valence-corrected chi connectivity index (χ2v) is 21.8. The predicted molar refractivity (Wildman–Crippen MR) is 145 cm³/mol. The van der Waals surface area contributed by atoms with Crippen LogP contribution in [-0.4, -0.2) is 77.6 Å². The van der Waals surface area contributed by atoms with Gasteiger partial charge in [0.05, 0.1) is 30.0 Å². The second-order valence-electron chi connectivity index (χ2n) is 12.3. The van der Waals surface area contributed by atoms with E-state index in [1.54, 1.807) is 7.11 Å². The Morgan fingerprint density at radius 2 is 1.57 bits per heavy atom. The topological polar surface area (TPSA) is 75.6 Å². The minimum atomic E-state index is -2.00. The molecule has 9 heteroatoms. The molecular formula is C26H54O7Si2. The van der Waals surface area contributed by atoms with Gasteiger partial charge in [-0.2, -0.15) is 0 Å². The van der Waals surface area contributed by atoms with Gasteiger partial charge in [-0.3, -0.25) is 0 Å². The molecule has 2 saturated heterocycles. The van der Waals surface area contributed by atoms with Crippen LogP contribution in [0.1, 0.15) is 75.2 Å². The number of aliphatic hydroxyl groups is 1. The van der Waals surface area contributed by atoms with E-state index in [-0.39, 0.29) is 35.6 Å². The van der Waals surface area contributed by atoms with Crippen molar-refractivity contribution in [1.82, 2.24) is 0 Å². The van der Waals surface area contributed by atoms with E-state index in [9.17, 15) is 5.11 Å². The Hall–Kier alpha value is 0.154. The summed E-state index contributed by atoms with van der Waals surface area (Å²) in [6.45, 7) is 24.0. The molecule has 8 atom stereocenters. The molecule has 0 aromatic carbocycles. The first-order chi connectivity index (χ1) is 16.1. The Morgan fingerprint density at radius 1 is 1.00 bits per heavy atom. The molecule has 2 aliphatic heterocycles. The van der Waals surface area contributed by atoms with Gasteiger partial charge in [0.2, 0.25) is 0 Å². The maximum absolute atomic E-state index is 10.5. The molecular weight excluding hydrogens is 480 g/mol. The summed E-state index contributed by atoms with van der Waals surface area (Å²) in [7, 11) is -2.23. The van der Waals surface area contributed by atoms with Crippen LogP contribution in [0.3, 0.4) is 0 Å². The minimum absolute atomic E-state index is 0.0986. The van der Waals surface area contributed by atoms with Gasteiger partial charge >= 0.3 is 0 Å². The molecule has 35 heavy (non-hydrogen) atoms. The highest BCUT2D eigenvalue weighted by atomic mass is 28.4. The molecule has 0 amide bonds. The van der Waals surface area contributed by atoms with Gasteiger partial charge in [-0.1, -0.05) is 41.5 Å². The average molecular weight is 535 g/mol. The summed E-state index contributed by atoms with van der Waals surface area (Å²) in [5.74, 6) is 0.